The molecule has 0 spiro atoms. The number of carbonyl (C=O) groups excluding carboxylic acids is 1. The number of rotatable bonds is 5. The van der Waals surface area contributed by atoms with Crippen molar-refractivity contribution < 1.29 is 4.79 Å². The van der Waals surface area contributed by atoms with Crippen LogP contribution < -0.4 is 10.6 Å². The van der Waals surface area contributed by atoms with Crippen molar-refractivity contribution in [2.45, 2.75) is 43.5 Å². The summed E-state index contributed by atoms with van der Waals surface area (Å²) in [6.07, 6.45) is 7.66. The van der Waals surface area contributed by atoms with Gasteiger partial charge in [-0.2, -0.15) is 23.5 Å². The molecule has 0 aromatic carbocycles. The molecule has 0 aromatic heterocycles. The van der Waals surface area contributed by atoms with Crippen molar-refractivity contribution in [3.63, 3.8) is 0 Å². The van der Waals surface area contributed by atoms with Gasteiger partial charge in [0.05, 0.1) is 0 Å². The van der Waals surface area contributed by atoms with Crippen LogP contribution in [0.1, 0.15) is 26.2 Å². The molecule has 0 radical (unpaired) electrons. The number of urea groups is 1. The van der Waals surface area contributed by atoms with Crippen LogP contribution in [0.15, 0.2) is 0 Å². The maximum Gasteiger partial charge on any atom is 0.315 e. The second-order valence-electron chi connectivity index (χ2n) is 4.34. The van der Waals surface area contributed by atoms with E-state index in [4.69, 9.17) is 0 Å². The molecule has 0 aliphatic heterocycles. The minimum Gasteiger partial charge on any atom is -0.335 e. The van der Waals surface area contributed by atoms with Crippen LogP contribution in [0.5, 0.6) is 0 Å². The molecular weight excluding hydrogens is 240 g/mol. The lowest BCUT2D eigenvalue weighted by molar-refractivity contribution is 0.235. The Kier molecular flexibility index (Phi) is 6.43. The summed E-state index contributed by atoms with van der Waals surface area (Å²) in [6, 6.07) is 0.611. The maximum absolute atomic E-state index is 11.6. The fourth-order valence-electron chi connectivity index (χ4n) is 2.03. The number of thioether (sulfide) groups is 2. The zero-order valence-corrected chi connectivity index (χ0v) is 11.9. The van der Waals surface area contributed by atoms with Crippen molar-refractivity contribution in [3.05, 3.63) is 0 Å². The quantitative estimate of drug-likeness (QED) is 0.799. The summed E-state index contributed by atoms with van der Waals surface area (Å²) in [6.45, 7) is 2.04. The van der Waals surface area contributed by atoms with Crippen LogP contribution in [0.3, 0.4) is 0 Å². The molecule has 1 aliphatic carbocycles. The Hall–Kier alpha value is -0.0300. The standard InChI is InChI=1S/C11H22N2OS2/c1-8(7-15-2)12-11(14)13-9-4-5-10(6-9)16-3/h8-10H,4-7H2,1-3H3,(H2,12,13,14)/t8-,9-,10+/m0/s1. The van der Waals surface area contributed by atoms with Crippen LogP contribution in [0.2, 0.25) is 0 Å². The van der Waals surface area contributed by atoms with Gasteiger partial charge in [0.15, 0.2) is 0 Å². The van der Waals surface area contributed by atoms with Gasteiger partial charge in [-0.15, -0.1) is 0 Å². The lowest BCUT2D eigenvalue weighted by Gasteiger charge is -2.17. The highest BCUT2D eigenvalue weighted by atomic mass is 32.2. The average Bonchev–Trinajstić information content (AvgIpc) is 2.65. The van der Waals surface area contributed by atoms with E-state index in [1.165, 1.54) is 6.42 Å². The van der Waals surface area contributed by atoms with Gasteiger partial charge in [-0.05, 0) is 38.7 Å². The SMILES string of the molecule is CSC[C@H](C)NC(=O)N[C@H]1CC[C@@H](SC)C1. The second-order valence-corrected chi connectivity index (χ2v) is 6.39. The highest BCUT2D eigenvalue weighted by molar-refractivity contribution is 7.99. The molecule has 3 nitrogen and oxygen atoms in total. The van der Waals surface area contributed by atoms with E-state index >= 15 is 0 Å². The van der Waals surface area contributed by atoms with Crippen LogP contribution in [0.4, 0.5) is 4.79 Å². The van der Waals surface area contributed by atoms with Gasteiger partial charge in [0.1, 0.15) is 0 Å². The molecule has 1 aliphatic rings. The molecule has 16 heavy (non-hydrogen) atoms. The number of carbonyl (C=O) groups is 1. The number of nitrogens with one attached hydrogen (secondary N) is 2. The summed E-state index contributed by atoms with van der Waals surface area (Å²) < 4.78 is 0. The topological polar surface area (TPSA) is 41.1 Å². The normalized spacial score (nSPS) is 26.4. The highest BCUT2D eigenvalue weighted by Gasteiger charge is 2.25. The van der Waals surface area contributed by atoms with Crippen molar-refractivity contribution in [2.24, 2.45) is 0 Å². The lowest BCUT2D eigenvalue weighted by Crippen LogP contribution is -2.45. The highest BCUT2D eigenvalue weighted by Crippen LogP contribution is 2.27. The van der Waals surface area contributed by atoms with Gasteiger partial charge in [0, 0.05) is 23.1 Å². The molecule has 2 amide bonds. The Morgan fingerprint density at radius 3 is 2.75 bits per heavy atom. The smallest absolute Gasteiger partial charge is 0.315 e. The fraction of sp³-hybridized carbons (Fsp3) is 0.909. The predicted octanol–water partition coefficient (Wildman–Crippen LogP) is 2.32. The minimum absolute atomic E-state index is 0.00620. The van der Waals surface area contributed by atoms with E-state index in [1.807, 2.05) is 18.7 Å². The van der Waals surface area contributed by atoms with Gasteiger partial charge in [0.25, 0.3) is 0 Å². The molecule has 1 fully saturated rings. The molecule has 94 valence electrons. The largest absolute Gasteiger partial charge is 0.335 e. The molecule has 5 heteroatoms. The summed E-state index contributed by atoms with van der Waals surface area (Å²) in [7, 11) is 0. The van der Waals surface area contributed by atoms with Crippen molar-refractivity contribution in [1.82, 2.24) is 10.6 Å². The van der Waals surface area contributed by atoms with E-state index in [0.717, 1.165) is 23.8 Å². The Labute approximate surface area is 107 Å². The first-order chi connectivity index (χ1) is 7.65. The molecule has 0 aromatic rings. The van der Waals surface area contributed by atoms with Crippen molar-refractivity contribution in [2.75, 3.05) is 18.3 Å². The first-order valence-corrected chi connectivity index (χ1v) is 8.42. The van der Waals surface area contributed by atoms with Gasteiger partial charge in [-0.1, -0.05) is 0 Å². The first kappa shape index (κ1) is 14.0. The molecular formula is C11H22N2OS2. The Bertz CT molecular complexity index is 226. The summed E-state index contributed by atoms with van der Waals surface area (Å²) in [5, 5.41) is 6.75. The van der Waals surface area contributed by atoms with Gasteiger partial charge >= 0.3 is 6.03 Å². The molecule has 0 bridgehead atoms. The molecule has 3 atom stereocenters. The summed E-state index contributed by atoms with van der Waals surface area (Å²) >= 11 is 3.66. The van der Waals surface area contributed by atoms with E-state index in [2.05, 4.69) is 23.1 Å². The third-order valence-corrected chi connectivity index (χ3v) is 4.78. The molecule has 1 rings (SSSR count). The summed E-state index contributed by atoms with van der Waals surface area (Å²) in [4.78, 5) is 11.6. The number of hydrogen-bond donors (Lipinski definition) is 2. The van der Waals surface area contributed by atoms with Gasteiger partial charge in [-0.3, -0.25) is 0 Å². The monoisotopic (exact) mass is 262 g/mol. The second kappa shape index (κ2) is 7.33. The first-order valence-electron chi connectivity index (χ1n) is 5.74. The van der Waals surface area contributed by atoms with Crippen LogP contribution >= 0.6 is 23.5 Å². The van der Waals surface area contributed by atoms with E-state index in [1.54, 1.807) is 11.8 Å². The average molecular weight is 262 g/mol. The van der Waals surface area contributed by atoms with Crippen LogP contribution in [0, 0.1) is 0 Å². The molecule has 0 saturated heterocycles. The van der Waals surface area contributed by atoms with Gasteiger partial charge in [-0.25, -0.2) is 4.79 Å². The Morgan fingerprint density at radius 1 is 1.44 bits per heavy atom. The predicted molar refractivity (Wildman–Crippen MR) is 74.5 cm³/mol. The van der Waals surface area contributed by atoms with Gasteiger partial charge < -0.3 is 10.6 Å². The van der Waals surface area contributed by atoms with Crippen molar-refractivity contribution in [1.29, 1.82) is 0 Å². The number of amides is 2. The molecule has 0 unspecified atom stereocenters. The van der Waals surface area contributed by atoms with Crippen LogP contribution in [-0.2, 0) is 0 Å². The maximum atomic E-state index is 11.6. The summed E-state index contributed by atoms with van der Waals surface area (Å²) in [5.74, 6) is 0.964. The fourth-order valence-corrected chi connectivity index (χ4v) is 3.41. The molecule has 2 N–H and O–H groups in total. The molecule has 1 saturated carbocycles. The van der Waals surface area contributed by atoms with E-state index in [-0.39, 0.29) is 12.1 Å². The third kappa shape index (κ3) is 4.87. The zero-order valence-electron chi connectivity index (χ0n) is 10.3. The summed E-state index contributed by atoms with van der Waals surface area (Å²) in [5.41, 5.74) is 0. The van der Waals surface area contributed by atoms with Gasteiger partial charge in [0.2, 0.25) is 0 Å². The third-order valence-electron chi connectivity index (χ3n) is 2.85. The van der Waals surface area contributed by atoms with Crippen LogP contribution in [0.25, 0.3) is 0 Å². The minimum atomic E-state index is -0.00620. The number of hydrogen-bond acceptors (Lipinski definition) is 3. The Balaban J connectivity index is 2.19. The van der Waals surface area contributed by atoms with Crippen molar-refractivity contribution in [3.8, 4) is 0 Å². The van der Waals surface area contributed by atoms with E-state index < -0.39 is 0 Å². The van der Waals surface area contributed by atoms with E-state index in [0.29, 0.717) is 6.04 Å². The van der Waals surface area contributed by atoms with Crippen LogP contribution in [-0.4, -0.2) is 41.6 Å². The van der Waals surface area contributed by atoms with E-state index in [9.17, 15) is 4.79 Å². The van der Waals surface area contributed by atoms with Crippen molar-refractivity contribution >= 4 is 29.6 Å². The lowest BCUT2D eigenvalue weighted by atomic mass is 10.2. The zero-order chi connectivity index (χ0) is 12.0. The molecule has 0 heterocycles. The Morgan fingerprint density at radius 2 is 2.19 bits per heavy atom.